The van der Waals surface area contributed by atoms with Crippen molar-refractivity contribution in [3.05, 3.63) is 0 Å². The topological polar surface area (TPSA) is 77.5 Å². The summed E-state index contributed by atoms with van der Waals surface area (Å²) in [6.45, 7) is 1.95. The predicted molar refractivity (Wildman–Crippen MR) is 60.2 cm³/mol. The summed E-state index contributed by atoms with van der Waals surface area (Å²) in [5, 5.41) is 0. The monoisotopic (exact) mass is 252 g/mol. The molecule has 0 aromatic heterocycles. The van der Waals surface area contributed by atoms with Crippen molar-refractivity contribution in [3.8, 4) is 0 Å². The fraction of sp³-hybridized carbons (Fsp3) is 0.692. The van der Waals surface area contributed by atoms with Crippen LogP contribution < -0.4 is 0 Å². The van der Waals surface area contributed by atoms with Crippen molar-refractivity contribution in [2.45, 2.75) is 26.2 Å². The van der Waals surface area contributed by atoms with Crippen molar-refractivity contribution in [3.63, 3.8) is 0 Å². The molecule has 2 aliphatic rings. The first kappa shape index (κ1) is 12.9. The molecule has 0 aromatic rings. The minimum absolute atomic E-state index is 0.250. The quantitative estimate of drug-likeness (QED) is 0.419. The molecule has 5 nitrogen and oxygen atoms in total. The zero-order valence-electron chi connectivity index (χ0n) is 10.2. The third kappa shape index (κ3) is 1.87. The fourth-order valence-corrected chi connectivity index (χ4v) is 3.33. The lowest BCUT2D eigenvalue weighted by molar-refractivity contribution is -0.154. The normalized spacial score (nSPS) is 39.1. The highest BCUT2D eigenvalue weighted by Gasteiger charge is 2.55. The molecular weight excluding hydrogens is 236 g/mol. The van der Waals surface area contributed by atoms with Gasteiger partial charge in [0, 0.05) is 11.8 Å². The van der Waals surface area contributed by atoms with Crippen LogP contribution in [0.2, 0.25) is 0 Å². The lowest BCUT2D eigenvalue weighted by Crippen LogP contribution is -2.43. The molecule has 1 saturated carbocycles. The van der Waals surface area contributed by atoms with E-state index >= 15 is 0 Å². The molecule has 5 atom stereocenters. The lowest BCUT2D eigenvalue weighted by atomic mass is 9.62. The number of hydrogen-bond acceptors (Lipinski definition) is 5. The van der Waals surface area contributed by atoms with E-state index in [1.165, 1.54) is 0 Å². The molecule has 5 heteroatoms. The minimum atomic E-state index is -0.541. The molecule has 0 bridgehead atoms. The summed E-state index contributed by atoms with van der Waals surface area (Å²) in [6.07, 6.45) is 3.19. The highest BCUT2D eigenvalue weighted by molar-refractivity contribution is 5.97. The molecule has 2 rings (SSSR count). The predicted octanol–water partition coefficient (Wildman–Crippen LogP) is 0.752. The maximum absolute atomic E-state index is 11.7. The van der Waals surface area contributed by atoms with E-state index in [1.807, 2.05) is 6.92 Å². The Bertz CT molecular complexity index is 389. The van der Waals surface area contributed by atoms with Crippen molar-refractivity contribution in [2.75, 3.05) is 0 Å². The average molecular weight is 252 g/mol. The first-order valence-corrected chi connectivity index (χ1v) is 6.30. The molecule has 98 valence electrons. The summed E-state index contributed by atoms with van der Waals surface area (Å²) < 4.78 is 4.66. The molecule has 5 unspecified atom stereocenters. The third-order valence-corrected chi connectivity index (χ3v) is 4.14. The van der Waals surface area contributed by atoms with Gasteiger partial charge in [-0.2, -0.15) is 0 Å². The summed E-state index contributed by atoms with van der Waals surface area (Å²) >= 11 is 0. The van der Waals surface area contributed by atoms with Gasteiger partial charge in [0.2, 0.25) is 0 Å². The van der Waals surface area contributed by atoms with Gasteiger partial charge in [0.15, 0.2) is 0 Å². The molecule has 0 spiro atoms. The number of ether oxygens (including phenoxy) is 1. The third-order valence-electron chi connectivity index (χ3n) is 4.14. The Balaban J connectivity index is 2.34. The van der Waals surface area contributed by atoms with Crippen LogP contribution in [-0.2, 0) is 23.9 Å². The summed E-state index contributed by atoms with van der Waals surface area (Å²) in [7, 11) is 0. The Morgan fingerprint density at radius 1 is 1.22 bits per heavy atom. The Labute approximate surface area is 105 Å². The number of carbonyl (C=O) groups excluding carboxylic acids is 4. The van der Waals surface area contributed by atoms with Gasteiger partial charge in [-0.1, -0.05) is 13.3 Å². The first-order chi connectivity index (χ1) is 8.63. The highest BCUT2D eigenvalue weighted by atomic mass is 16.6. The van der Waals surface area contributed by atoms with Gasteiger partial charge in [0.25, 0.3) is 0 Å². The van der Waals surface area contributed by atoms with E-state index in [-0.39, 0.29) is 12.3 Å². The Kier molecular flexibility index (Phi) is 3.59. The van der Waals surface area contributed by atoms with E-state index in [0.29, 0.717) is 6.42 Å². The zero-order valence-corrected chi connectivity index (χ0v) is 10.2. The van der Waals surface area contributed by atoms with E-state index in [2.05, 4.69) is 4.74 Å². The van der Waals surface area contributed by atoms with Gasteiger partial charge in [-0.3, -0.25) is 9.59 Å². The van der Waals surface area contributed by atoms with E-state index in [0.717, 1.165) is 19.0 Å². The lowest BCUT2D eigenvalue weighted by Gasteiger charge is -2.37. The van der Waals surface area contributed by atoms with Crippen LogP contribution in [-0.4, -0.2) is 24.5 Å². The van der Waals surface area contributed by atoms with Gasteiger partial charge in [0.05, 0.1) is 11.8 Å². The van der Waals surface area contributed by atoms with Crippen molar-refractivity contribution in [1.29, 1.82) is 0 Å². The molecule has 1 aliphatic heterocycles. The molecule has 0 radical (unpaired) electrons. The van der Waals surface area contributed by atoms with Gasteiger partial charge >= 0.3 is 11.9 Å². The molecule has 1 saturated heterocycles. The second kappa shape index (κ2) is 5.00. The van der Waals surface area contributed by atoms with Gasteiger partial charge in [0.1, 0.15) is 12.6 Å². The second-order valence-corrected chi connectivity index (χ2v) is 5.07. The smallest absolute Gasteiger partial charge is 0.317 e. The zero-order chi connectivity index (χ0) is 13.3. The summed E-state index contributed by atoms with van der Waals surface area (Å²) in [5.74, 6) is -3.34. The number of fused-ring (bicyclic) bond motifs is 1. The molecule has 18 heavy (non-hydrogen) atoms. The van der Waals surface area contributed by atoms with Crippen LogP contribution in [0.3, 0.4) is 0 Å². The second-order valence-electron chi connectivity index (χ2n) is 5.07. The Morgan fingerprint density at radius 3 is 2.50 bits per heavy atom. The van der Waals surface area contributed by atoms with Crippen LogP contribution in [0.15, 0.2) is 0 Å². The summed E-state index contributed by atoms with van der Waals surface area (Å²) in [4.78, 5) is 45.5. The minimum Gasteiger partial charge on any atom is -0.393 e. The number of rotatable bonds is 4. The highest BCUT2D eigenvalue weighted by Crippen LogP contribution is 2.46. The number of aldehydes is 2. The molecule has 1 heterocycles. The van der Waals surface area contributed by atoms with Crippen LogP contribution in [0.5, 0.6) is 0 Å². The van der Waals surface area contributed by atoms with Gasteiger partial charge < -0.3 is 14.3 Å². The fourth-order valence-electron chi connectivity index (χ4n) is 3.33. The molecule has 1 aliphatic carbocycles. The standard InChI is InChI=1S/C13H16O5/c1-2-3-8-10(6-15)7(5-14)4-9-11(8)13(17)18-12(9)16/h5-11H,2-4H2,1H3. The largest absolute Gasteiger partial charge is 0.393 e. The van der Waals surface area contributed by atoms with Gasteiger partial charge in [-0.25, -0.2) is 0 Å². The number of carbonyl (C=O) groups is 4. The Morgan fingerprint density at radius 2 is 1.94 bits per heavy atom. The van der Waals surface area contributed by atoms with E-state index < -0.39 is 35.6 Å². The molecule has 0 amide bonds. The molecule has 2 fully saturated rings. The van der Waals surface area contributed by atoms with Crippen LogP contribution in [0.4, 0.5) is 0 Å². The van der Waals surface area contributed by atoms with Crippen LogP contribution >= 0.6 is 0 Å². The summed E-state index contributed by atoms with van der Waals surface area (Å²) in [6, 6.07) is 0. The van der Waals surface area contributed by atoms with Crippen molar-refractivity contribution < 1.29 is 23.9 Å². The summed E-state index contributed by atoms with van der Waals surface area (Å²) in [5.41, 5.74) is 0. The van der Waals surface area contributed by atoms with E-state index in [1.54, 1.807) is 0 Å². The number of hydrogen-bond donors (Lipinski definition) is 0. The molecule has 0 N–H and O–H groups in total. The van der Waals surface area contributed by atoms with Crippen molar-refractivity contribution >= 4 is 24.5 Å². The van der Waals surface area contributed by atoms with Crippen LogP contribution in [0.25, 0.3) is 0 Å². The molecular formula is C13H16O5. The van der Waals surface area contributed by atoms with Crippen LogP contribution in [0.1, 0.15) is 26.2 Å². The van der Waals surface area contributed by atoms with E-state index in [4.69, 9.17) is 0 Å². The van der Waals surface area contributed by atoms with E-state index in [9.17, 15) is 19.2 Å². The van der Waals surface area contributed by atoms with Crippen molar-refractivity contribution in [1.82, 2.24) is 0 Å². The first-order valence-electron chi connectivity index (χ1n) is 6.30. The van der Waals surface area contributed by atoms with Crippen LogP contribution in [0, 0.1) is 29.6 Å². The SMILES string of the molecule is CCCC1C(C=O)C(C=O)CC2C(=O)OC(=O)C21. The number of esters is 2. The maximum atomic E-state index is 11.7. The van der Waals surface area contributed by atoms with Crippen molar-refractivity contribution in [2.24, 2.45) is 29.6 Å². The Hall–Kier alpha value is -1.52. The van der Waals surface area contributed by atoms with Gasteiger partial charge in [-0.05, 0) is 18.8 Å². The average Bonchev–Trinajstić information content (AvgIpc) is 2.64. The maximum Gasteiger partial charge on any atom is 0.317 e. The molecule has 0 aromatic carbocycles. The number of cyclic esters (lactones) is 2. The van der Waals surface area contributed by atoms with Gasteiger partial charge in [-0.15, -0.1) is 0 Å².